The molecule has 1 saturated heterocycles. The average molecular weight is 535 g/mol. The number of nitrogens with one attached hydrogen (secondary N) is 2. The zero-order chi connectivity index (χ0) is 28.4. The molecule has 2 aromatic carbocycles. The molecule has 11 nitrogen and oxygen atoms in total. The summed E-state index contributed by atoms with van der Waals surface area (Å²) in [6, 6.07) is 13.7. The van der Waals surface area contributed by atoms with Crippen molar-refractivity contribution in [2.45, 2.75) is 64.8 Å². The van der Waals surface area contributed by atoms with Gasteiger partial charge in [0.25, 0.3) is 11.5 Å². The second kappa shape index (κ2) is 10.7. The highest BCUT2D eigenvalue weighted by Crippen LogP contribution is 2.30. The van der Waals surface area contributed by atoms with Crippen LogP contribution < -0.4 is 16.2 Å². The van der Waals surface area contributed by atoms with Gasteiger partial charge in [-0.25, -0.2) is 14.6 Å². The van der Waals surface area contributed by atoms with Gasteiger partial charge in [0, 0.05) is 13.0 Å². The van der Waals surface area contributed by atoms with Crippen LogP contribution in [0, 0.1) is 6.92 Å². The first-order valence-electron chi connectivity index (χ1n) is 12.5. The second-order valence-corrected chi connectivity index (χ2v) is 10.3. The Hall–Kier alpha value is -4.54. The molecule has 3 amide bonds. The van der Waals surface area contributed by atoms with Gasteiger partial charge in [-0.15, -0.1) is 0 Å². The van der Waals surface area contributed by atoms with E-state index in [9.17, 15) is 24.0 Å². The van der Waals surface area contributed by atoms with E-state index in [4.69, 9.17) is 9.47 Å². The third-order valence-corrected chi connectivity index (χ3v) is 6.21. The Morgan fingerprint density at radius 2 is 1.79 bits per heavy atom. The summed E-state index contributed by atoms with van der Waals surface area (Å²) in [6.45, 7) is 6.68. The summed E-state index contributed by atoms with van der Waals surface area (Å²) >= 11 is 0. The Balaban J connectivity index is 1.73. The monoisotopic (exact) mass is 534 g/mol. The number of carbonyl (C=O) groups excluding carboxylic acids is 4. The molecule has 4 rings (SSSR count). The predicted octanol–water partition coefficient (Wildman–Crippen LogP) is 2.60. The molecule has 204 valence electrons. The van der Waals surface area contributed by atoms with Crippen molar-refractivity contribution in [2.75, 3.05) is 0 Å². The van der Waals surface area contributed by atoms with Gasteiger partial charge in [-0.3, -0.25) is 24.3 Å². The van der Waals surface area contributed by atoms with Gasteiger partial charge < -0.3 is 14.8 Å². The van der Waals surface area contributed by atoms with Crippen LogP contribution in [0.1, 0.15) is 50.6 Å². The standard InChI is InChI=1S/C28H30N4O7/c1-17-30-21-11-10-19(15-29-26(37)39-27(2,3)4)14-20(21)23(34)32(17)28(13-12-22(33)31-24(28)35)25(36)38-16-18-8-6-5-7-9-18/h5-11,14H,12-13,15-16H2,1-4H3,(H,29,37)(H,31,33,35)/t28-/m0/s1. The first kappa shape index (κ1) is 27.5. The van der Waals surface area contributed by atoms with E-state index in [0.29, 0.717) is 16.6 Å². The second-order valence-electron chi connectivity index (χ2n) is 10.3. The van der Waals surface area contributed by atoms with E-state index in [2.05, 4.69) is 15.6 Å². The number of esters is 1. The van der Waals surface area contributed by atoms with Crippen LogP contribution in [-0.2, 0) is 42.5 Å². The molecule has 2 N–H and O–H groups in total. The van der Waals surface area contributed by atoms with Crippen LogP contribution in [0.15, 0.2) is 53.3 Å². The zero-order valence-electron chi connectivity index (χ0n) is 22.2. The van der Waals surface area contributed by atoms with Crippen molar-refractivity contribution >= 4 is 34.8 Å². The van der Waals surface area contributed by atoms with Crippen LogP contribution >= 0.6 is 0 Å². The number of piperidine rings is 1. The molecule has 1 fully saturated rings. The fourth-order valence-corrected chi connectivity index (χ4v) is 4.43. The van der Waals surface area contributed by atoms with E-state index >= 15 is 0 Å². The normalized spacial score (nSPS) is 17.4. The highest BCUT2D eigenvalue weighted by atomic mass is 16.6. The molecule has 11 heteroatoms. The topological polar surface area (TPSA) is 146 Å². The molecule has 39 heavy (non-hydrogen) atoms. The number of fused-ring (bicyclic) bond motifs is 1. The van der Waals surface area contributed by atoms with Crippen LogP contribution in [0.25, 0.3) is 10.9 Å². The van der Waals surface area contributed by atoms with Crippen molar-refractivity contribution in [3.05, 3.63) is 75.8 Å². The summed E-state index contributed by atoms with van der Waals surface area (Å²) in [5.74, 6) is -2.37. The van der Waals surface area contributed by atoms with Crippen LogP contribution in [0.2, 0.25) is 0 Å². The fraction of sp³-hybridized carbons (Fsp3) is 0.357. The Kier molecular flexibility index (Phi) is 7.53. The number of aromatic nitrogens is 2. The first-order valence-corrected chi connectivity index (χ1v) is 12.5. The summed E-state index contributed by atoms with van der Waals surface area (Å²) in [7, 11) is 0. The molecule has 0 aliphatic carbocycles. The molecule has 1 aliphatic heterocycles. The smallest absolute Gasteiger partial charge is 0.407 e. The molecule has 0 spiro atoms. The molecule has 1 aromatic heterocycles. The fourth-order valence-electron chi connectivity index (χ4n) is 4.43. The molecular formula is C28H30N4O7. The zero-order valence-corrected chi connectivity index (χ0v) is 22.2. The molecule has 3 aromatic rings. The van der Waals surface area contributed by atoms with E-state index in [-0.39, 0.29) is 37.2 Å². The lowest BCUT2D eigenvalue weighted by atomic mass is 9.87. The minimum absolute atomic E-state index is 0.0669. The Morgan fingerprint density at radius 1 is 1.08 bits per heavy atom. The third kappa shape index (κ3) is 5.82. The third-order valence-electron chi connectivity index (χ3n) is 6.21. The number of amides is 3. The number of hydrogen-bond donors (Lipinski definition) is 2. The number of nitrogens with zero attached hydrogens (tertiary/aromatic N) is 2. The number of hydrogen-bond acceptors (Lipinski definition) is 8. The highest BCUT2D eigenvalue weighted by Gasteiger charge is 2.54. The Labute approximate surface area is 224 Å². The summed E-state index contributed by atoms with van der Waals surface area (Å²) in [6.07, 6.45) is -1.06. The maximum atomic E-state index is 13.9. The van der Waals surface area contributed by atoms with Crippen LogP contribution in [-0.4, -0.2) is 39.0 Å². The molecule has 0 saturated carbocycles. The maximum absolute atomic E-state index is 13.9. The van der Waals surface area contributed by atoms with Crippen molar-refractivity contribution < 1.29 is 28.7 Å². The van der Waals surface area contributed by atoms with Crippen LogP contribution in [0.3, 0.4) is 0 Å². The van der Waals surface area contributed by atoms with E-state index in [1.807, 2.05) is 6.07 Å². The Bertz CT molecular complexity index is 1510. The molecule has 2 heterocycles. The molecule has 1 aliphatic rings. The molecule has 0 bridgehead atoms. The van der Waals surface area contributed by atoms with Crippen molar-refractivity contribution in [1.29, 1.82) is 0 Å². The van der Waals surface area contributed by atoms with E-state index in [1.165, 1.54) is 13.0 Å². The number of benzene rings is 2. The number of ether oxygens (including phenoxy) is 2. The van der Waals surface area contributed by atoms with Crippen LogP contribution in [0.5, 0.6) is 0 Å². The molecule has 1 atom stereocenters. The van der Waals surface area contributed by atoms with Gasteiger partial charge in [0.1, 0.15) is 18.0 Å². The number of alkyl carbamates (subject to hydrolysis) is 1. The highest BCUT2D eigenvalue weighted by molar-refractivity contribution is 6.13. The summed E-state index contributed by atoms with van der Waals surface area (Å²) in [5, 5.41) is 4.95. The number of aryl methyl sites for hydroxylation is 1. The van der Waals surface area contributed by atoms with E-state index in [1.54, 1.807) is 57.2 Å². The minimum Gasteiger partial charge on any atom is -0.459 e. The van der Waals surface area contributed by atoms with Gasteiger partial charge in [0.05, 0.1) is 10.9 Å². The van der Waals surface area contributed by atoms with Crippen molar-refractivity contribution in [1.82, 2.24) is 20.2 Å². The molecule has 0 radical (unpaired) electrons. The van der Waals surface area contributed by atoms with Gasteiger partial charge in [-0.05, 0) is 57.4 Å². The van der Waals surface area contributed by atoms with Gasteiger partial charge >= 0.3 is 12.1 Å². The van der Waals surface area contributed by atoms with Crippen molar-refractivity contribution in [3.63, 3.8) is 0 Å². The quantitative estimate of drug-likeness (QED) is 0.279. The average Bonchev–Trinajstić information content (AvgIpc) is 2.87. The maximum Gasteiger partial charge on any atom is 0.407 e. The lowest BCUT2D eigenvalue weighted by Crippen LogP contribution is -2.62. The summed E-state index contributed by atoms with van der Waals surface area (Å²) in [5.41, 5.74) is -1.85. The van der Waals surface area contributed by atoms with Gasteiger partial charge in [-0.2, -0.15) is 0 Å². The van der Waals surface area contributed by atoms with E-state index < -0.39 is 40.6 Å². The first-order chi connectivity index (χ1) is 18.4. The van der Waals surface area contributed by atoms with Gasteiger partial charge in [0.2, 0.25) is 11.4 Å². The number of rotatable bonds is 6. The molecular weight excluding hydrogens is 504 g/mol. The van der Waals surface area contributed by atoms with Crippen LogP contribution in [0.4, 0.5) is 4.79 Å². The van der Waals surface area contributed by atoms with Crippen molar-refractivity contribution in [3.8, 4) is 0 Å². The lowest BCUT2D eigenvalue weighted by molar-refractivity contribution is -0.164. The SMILES string of the molecule is Cc1nc2ccc(CNC(=O)OC(C)(C)C)cc2c(=O)n1[C@@]1(C(=O)OCc2ccccc2)CCC(=O)NC1=O. The number of imide groups is 1. The van der Waals surface area contributed by atoms with Gasteiger partial charge in [0.15, 0.2) is 0 Å². The Morgan fingerprint density at radius 3 is 2.46 bits per heavy atom. The van der Waals surface area contributed by atoms with Crippen molar-refractivity contribution in [2.24, 2.45) is 0 Å². The minimum atomic E-state index is -2.13. The summed E-state index contributed by atoms with van der Waals surface area (Å²) in [4.78, 5) is 69.3. The van der Waals surface area contributed by atoms with Gasteiger partial charge in [-0.1, -0.05) is 36.4 Å². The largest absolute Gasteiger partial charge is 0.459 e. The predicted molar refractivity (Wildman–Crippen MR) is 140 cm³/mol. The lowest BCUT2D eigenvalue weighted by Gasteiger charge is -2.35. The van der Waals surface area contributed by atoms with E-state index in [0.717, 1.165) is 4.57 Å². The summed E-state index contributed by atoms with van der Waals surface area (Å²) < 4.78 is 11.8. The molecule has 0 unspecified atom stereocenters. The number of carbonyl (C=O) groups is 4.